The number of hydrogen-bond donors (Lipinski definition) is 0. The van der Waals surface area contributed by atoms with Gasteiger partial charge in [0.1, 0.15) is 5.02 Å². The van der Waals surface area contributed by atoms with Gasteiger partial charge >= 0.3 is 6.01 Å². The van der Waals surface area contributed by atoms with Crippen LogP contribution < -0.4 is 9.64 Å². The summed E-state index contributed by atoms with van der Waals surface area (Å²) in [7, 11) is 1.52. The maximum atomic E-state index is 6.08. The molecule has 94 valence electrons. The molecule has 7 heteroatoms. The molecular weight excluding hydrogens is 265 g/mol. The second-order valence-corrected chi connectivity index (χ2v) is 4.34. The molecule has 0 amide bonds. The Morgan fingerprint density at radius 1 is 1.65 bits per heavy atom. The molecule has 1 aliphatic rings. The first-order valence-corrected chi connectivity index (χ1v) is 6.15. The summed E-state index contributed by atoms with van der Waals surface area (Å²) in [5, 5.41) is 0.501. The van der Waals surface area contributed by atoms with Crippen LogP contribution in [0.2, 0.25) is 5.02 Å². The second kappa shape index (κ2) is 5.71. The minimum atomic E-state index is 0.00226. The summed E-state index contributed by atoms with van der Waals surface area (Å²) in [6, 6.07) is 0.304. The third-order valence-electron chi connectivity index (χ3n) is 2.50. The van der Waals surface area contributed by atoms with Gasteiger partial charge in [0.05, 0.1) is 31.9 Å². The van der Waals surface area contributed by atoms with Gasteiger partial charge in [-0.2, -0.15) is 4.98 Å². The zero-order valence-electron chi connectivity index (χ0n) is 9.40. The molecule has 0 aliphatic carbocycles. The number of hydrogen-bond acceptors (Lipinski definition) is 5. The van der Waals surface area contributed by atoms with Crippen LogP contribution in [-0.4, -0.2) is 48.8 Å². The van der Waals surface area contributed by atoms with E-state index in [0.29, 0.717) is 35.9 Å². The largest absolute Gasteiger partial charge is 0.467 e. The van der Waals surface area contributed by atoms with E-state index in [2.05, 4.69) is 9.97 Å². The highest BCUT2D eigenvalue weighted by Crippen LogP contribution is 2.26. The first-order valence-electron chi connectivity index (χ1n) is 5.23. The van der Waals surface area contributed by atoms with E-state index >= 15 is 0 Å². The van der Waals surface area contributed by atoms with Gasteiger partial charge in [0.25, 0.3) is 0 Å². The zero-order valence-corrected chi connectivity index (χ0v) is 10.9. The molecule has 2 rings (SSSR count). The molecule has 1 saturated heterocycles. The highest BCUT2D eigenvalue weighted by Gasteiger charge is 2.23. The molecule has 17 heavy (non-hydrogen) atoms. The predicted molar refractivity (Wildman–Crippen MR) is 66.3 cm³/mol. The Bertz CT molecular complexity index is 392. The molecule has 1 fully saturated rings. The van der Waals surface area contributed by atoms with E-state index in [4.69, 9.17) is 32.7 Å². The zero-order chi connectivity index (χ0) is 12.3. The van der Waals surface area contributed by atoms with E-state index in [0.717, 1.165) is 6.54 Å². The lowest BCUT2D eigenvalue weighted by atomic mass is 10.3. The van der Waals surface area contributed by atoms with Gasteiger partial charge in [0, 0.05) is 13.1 Å². The highest BCUT2D eigenvalue weighted by atomic mass is 35.5. The van der Waals surface area contributed by atoms with Gasteiger partial charge in [-0.1, -0.05) is 11.6 Å². The minimum absolute atomic E-state index is 0.00226. The van der Waals surface area contributed by atoms with Crippen molar-refractivity contribution in [2.24, 2.45) is 0 Å². The molecule has 0 saturated carbocycles. The van der Waals surface area contributed by atoms with Crippen LogP contribution in [0.15, 0.2) is 6.20 Å². The maximum absolute atomic E-state index is 6.08. The summed E-state index contributed by atoms with van der Waals surface area (Å²) in [5.74, 6) is 1.12. The average Bonchev–Trinajstić information content (AvgIpc) is 2.39. The Kier molecular flexibility index (Phi) is 4.25. The molecule has 1 unspecified atom stereocenters. The van der Waals surface area contributed by atoms with Crippen molar-refractivity contribution in [2.45, 2.75) is 6.10 Å². The fourth-order valence-electron chi connectivity index (χ4n) is 1.67. The summed E-state index contributed by atoms with van der Waals surface area (Å²) in [4.78, 5) is 10.2. The Hall–Kier alpha value is -0.780. The van der Waals surface area contributed by atoms with E-state index in [1.54, 1.807) is 0 Å². The Morgan fingerprint density at radius 2 is 2.47 bits per heavy atom. The summed E-state index contributed by atoms with van der Waals surface area (Å²) in [6.45, 7) is 2.01. The van der Waals surface area contributed by atoms with Crippen molar-refractivity contribution in [3.8, 4) is 6.01 Å². The molecule has 0 bridgehead atoms. The van der Waals surface area contributed by atoms with Crippen LogP contribution in [0.1, 0.15) is 0 Å². The SMILES string of the molecule is COc1ncc(Cl)c(N2CCOC(CCl)C2)n1. The molecular formula is C10H13Cl2N3O2. The van der Waals surface area contributed by atoms with Crippen molar-refractivity contribution in [3.63, 3.8) is 0 Å². The third-order valence-corrected chi connectivity index (χ3v) is 3.11. The first-order chi connectivity index (χ1) is 8.24. The lowest BCUT2D eigenvalue weighted by Crippen LogP contribution is -2.43. The molecule has 1 aromatic heterocycles. The number of rotatable bonds is 3. The summed E-state index contributed by atoms with van der Waals surface area (Å²) in [6.07, 6.45) is 1.54. The van der Waals surface area contributed by atoms with Gasteiger partial charge in [-0.15, -0.1) is 11.6 Å². The van der Waals surface area contributed by atoms with E-state index in [1.807, 2.05) is 4.90 Å². The van der Waals surface area contributed by atoms with Gasteiger partial charge < -0.3 is 14.4 Å². The van der Waals surface area contributed by atoms with E-state index in [-0.39, 0.29) is 6.10 Å². The maximum Gasteiger partial charge on any atom is 0.318 e. The molecule has 0 N–H and O–H groups in total. The summed E-state index contributed by atoms with van der Waals surface area (Å²) in [5.41, 5.74) is 0. The third kappa shape index (κ3) is 2.91. The number of morpholine rings is 1. The van der Waals surface area contributed by atoms with Crippen molar-refractivity contribution in [1.82, 2.24) is 9.97 Å². The lowest BCUT2D eigenvalue weighted by Gasteiger charge is -2.33. The van der Waals surface area contributed by atoms with Crippen LogP contribution in [-0.2, 0) is 4.74 Å². The number of nitrogens with zero attached hydrogens (tertiary/aromatic N) is 3. The van der Waals surface area contributed by atoms with Crippen LogP contribution in [0.4, 0.5) is 5.82 Å². The molecule has 0 radical (unpaired) electrons. The summed E-state index contributed by atoms with van der Waals surface area (Å²) >= 11 is 11.9. The predicted octanol–water partition coefficient (Wildman–Crippen LogP) is 1.58. The van der Waals surface area contributed by atoms with Crippen LogP contribution in [0.25, 0.3) is 0 Å². The van der Waals surface area contributed by atoms with Crippen LogP contribution >= 0.6 is 23.2 Å². The Labute approximate surface area is 110 Å². The standard InChI is InChI=1S/C10H13Cl2N3O2/c1-16-10-13-5-8(12)9(14-10)15-2-3-17-7(4-11)6-15/h5,7H,2-4,6H2,1H3. The fourth-order valence-corrected chi connectivity index (χ4v) is 2.06. The van der Waals surface area contributed by atoms with Gasteiger partial charge in [0.2, 0.25) is 0 Å². The van der Waals surface area contributed by atoms with Crippen molar-refractivity contribution >= 4 is 29.0 Å². The normalized spacial score (nSPS) is 20.4. The van der Waals surface area contributed by atoms with Gasteiger partial charge in [-0.25, -0.2) is 4.98 Å². The van der Waals surface area contributed by atoms with Crippen molar-refractivity contribution in [1.29, 1.82) is 0 Å². The van der Waals surface area contributed by atoms with Crippen LogP contribution in [0.3, 0.4) is 0 Å². The van der Waals surface area contributed by atoms with Crippen molar-refractivity contribution < 1.29 is 9.47 Å². The Morgan fingerprint density at radius 3 is 3.18 bits per heavy atom. The molecule has 1 atom stereocenters. The number of anilines is 1. The lowest BCUT2D eigenvalue weighted by molar-refractivity contribution is 0.0551. The van der Waals surface area contributed by atoms with Crippen LogP contribution in [0, 0.1) is 0 Å². The molecule has 0 aromatic carbocycles. The topological polar surface area (TPSA) is 47.5 Å². The minimum Gasteiger partial charge on any atom is -0.467 e. The highest BCUT2D eigenvalue weighted by molar-refractivity contribution is 6.32. The molecule has 0 spiro atoms. The first kappa shape index (κ1) is 12.7. The number of ether oxygens (including phenoxy) is 2. The van der Waals surface area contributed by atoms with E-state index < -0.39 is 0 Å². The number of halogens is 2. The number of alkyl halides is 1. The molecule has 1 aromatic rings. The quantitative estimate of drug-likeness (QED) is 0.786. The fraction of sp³-hybridized carbons (Fsp3) is 0.600. The average molecular weight is 278 g/mol. The molecule has 1 aliphatic heterocycles. The summed E-state index contributed by atoms with van der Waals surface area (Å²) < 4.78 is 10.5. The Balaban J connectivity index is 2.20. The van der Waals surface area contributed by atoms with Crippen molar-refractivity contribution in [2.75, 3.05) is 37.6 Å². The van der Waals surface area contributed by atoms with E-state index in [9.17, 15) is 0 Å². The van der Waals surface area contributed by atoms with E-state index in [1.165, 1.54) is 13.3 Å². The van der Waals surface area contributed by atoms with Crippen LogP contribution in [0.5, 0.6) is 6.01 Å². The number of aromatic nitrogens is 2. The van der Waals surface area contributed by atoms with Gasteiger partial charge in [-0.3, -0.25) is 0 Å². The smallest absolute Gasteiger partial charge is 0.318 e. The van der Waals surface area contributed by atoms with Gasteiger partial charge in [-0.05, 0) is 0 Å². The molecule has 5 nitrogen and oxygen atoms in total. The second-order valence-electron chi connectivity index (χ2n) is 3.62. The van der Waals surface area contributed by atoms with Gasteiger partial charge in [0.15, 0.2) is 5.82 Å². The molecule has 2 heterocycles. The monoisotopic (exact) mass is 277 g/mol. The number of methoxy groups -OCH3 is 1. The van der Waals surface area contributed by atoms with Crippen molar-refractivity contribution in [3.05, 3.63) is 11.2 Å².